The Morgan fingerprint density at radius 3 is 2.53 bits per heavy atom. The predicted octanol–water partition coefficient (Wildman–Crippen LogP) is 1.21. The molecule has 15 heavy (non-hydrogen) atoms. The lowest BCUT2D eigenvalue weighted by atomic mass is 9.81. The fraction of sp³-hybridized carbons (Fsp3) is 0.889. The van der Waals surface area contributed by atoms with Crippen molar-refractivity contribution in [2.75, 3.05) is 13.1 Å². The normalized spacial score (nSPS) is 35.3. The zero-order chi connectivity index (χ0) is 11.8. The van der Waals surface area contributed by atoms with Crippen LogP contribution in [0.15, 0.2) is 0 Å². The van der Waals surface area contributed by atoms with Crippen molar-refractivity contribution in [3.05, 3.63) is 0 Å². The summed E-state index contributed by atoms with van der Waals surface area (Å²) in [5.41, 5.74) is 5.29. The van der Waals surface area contributed by atoms with Crippen LogP contribution in [0.1, 0.15) is 13.8 Å². The smallest absolute Gasteiger partial charge is 0.407 e. The van der Waals surface area contributed by atoms with E-state index in [2.05, 4.69) is 0 Å². The molecule has 0 aromatic carbocycles. The van der Waals surface area contributed by atoms with Crippen LogP contribution in [0.4, 0.5) is 13.6 Å². The van der Waals surface area contributed by atoms with E-state index in [9.17, 15) is 13.6 Å². The Hall–Kier alpha value is -0.910. The highest BCUT2D eigenvalue weighted by atomic mass is 19.3. The van der Waals surface area contributed by atoms with Gasteiger partial charge in [-0.15, -0.1) is 0 Å². The van der Waals surface area contributed by atoms with Gasteiger partial charge in [-0.25, -0.2) is 13.6 Å². The maximum absolute atomic E-state index is 13.7. The van der Waals surface area contributed by atoms with Crippen molar-refractivity contribution in [1.29, 1.82) is 0 Å². The van der Waals surface area contributed by atoms with E-state index in [0.717, 1.165) is 4.90 Å². The summed E-state index contributed by atoms with van der Waals surface area (Å²) in [6.45, 7) is 2.48. The molecule has 3 N–H and O–H groups in total. The van der Waals surface area contributed by atoms with Crippen LogP contribution in [0.25, 0.3) is 0 Å². The van der Waals surface area contributed by atoms with Gasteiger partial charge in [0.1, 0.15) is 0 Å². The van der Waals surface area contributed by atoms with Crippen molar-refractivity contribution in [1.82, 2.24) is 4.90 Å². The minimum Gasteiger partial charge on any atom is -0.465 e. The first-order valence-electron chi connectivity index (χ1n) is 4.89. The zero-order valence-electron chi connectivity index (χ0n) is 8.78. The molecule has 0 saturated carbocycles. The highest BCUT2D eigenvalue weighted by Gasteiger charge is 2.53. The summed E-state index contributed by atoms with van der Waals surface area (Å²) < 4.78 is 27.3. The molecule has 1 aliphatic rings. The summed E-state index contributed by atoms with van der Waals surface area (Å²) in [4.78, 5) is 11.9. The molecule has 0 radical (unpaired) electrons. The van der Waals surface area contributed by atoms with E-state index >= 15 is 0 Å². The van der Waals surface area contributed by atoms with Gasteiger partial charge in [0.2, 0.25) is 0 Å². The summed E-state index contributed by atoms with van der Waals surface area (Å²) in [6.07, 6.45) is -1.16. The summed E-state index contributed by atoms with van der Waals surface area (Å²) >= 11 is 0. The average molecular weight is 222 g/mol. The molecule has 0 aromatic heterocycles. The fourth-order valence-corrected chi connectivity index (χ4v) is 2.09. The third-order valence-corrected chi connectivity index (χ3v) is 3.20. The second-order valence-corrected chi connectivity index (χ2v) is 4.09. The van der Waals surface area contributed by atoms with Crippen LogP contribution in [-0.2, 0) is 0 Å². The number of carbonyl (C=O) groups is 1. The lowest BCUT2D eigenvalue weighted by molar-refractivity contribution is -0.154. The molecule has 1 rings (SSSR count). The number of alkyl halides is 2. The van der Waals surface area contributed by atoms with Gasteiger partial charge in [0.15, 0.2) is 0 Å². The third-order valence-electron chi connectivity index (χ3n) is 3.20. The number of nitrogens with zero attached hydrogens (tertiary/aromatic N) is 1. The first kappa shape index (κ1) is 12.2. The van der Waals surface area contributed by atoms with Crippen LogP contribution < -0.4 is 5.73 Å². The van der Waals surface area contributed by atoms with E-state index in [1.54, 1.807) is 0 Å². The van der Waals surface area contributed by atoms with E-state index in [1.165, 1.54) is 13.8 Å². The van der Waals surface area contributed by atoms with E-state index in [-0.39, 0.29) is 13.1 Å². The van der Waals surface area contributed by atoms with Crippen molar-refractivity contribution in [3.8, 4) is 0 Å². The molecule has 0 aromatic rings. The van der Waals surface area contributed by atoms with Gasteiger partial charge in [0.25, 0.3) is 5.92 Å². The van der Waals surface area contributed by atoms with Crippen LogP contribution in [0.2, 0.25) is 0 Å². The molecule has 88 valence electrons. The maximum atomic E-state index is 13.7. The lowest BCUT2D eigenvalue weighted by Crippen LogP contribution is -2.60. The molecule has 0 spiro atoms. The van der Waals surface area contributed by atoms with Gasteiger partial charge >= 0.3 is 6.09 Å². The quantitative estimate of drug-likeness (QED) is 0.701. The van der Waals surface area contributed by atoms with E-state index in [4.69, 9.17) is 10.8 Å². The summed E-state index contributed by atoms with van der Waals surface area (Å²) in [5.74, 6) is -4.98. The van der Waals surface area contributed by atoms with Crippen LogP contribution in [0.3, 0.4) is 0 Å². The van der Waals surface area contributed by atoms with Crippen LogP contribution in [0, 0.1) is 11.8 Å². The molecular formula is C9H16F2N2O2. The number of nitrogens with two attached hydrogens (primary N) is 1. The van der Waals surface area contributed by atoms with Crippen LogP contribution >= 0.6 is 0 Å². The lowest BCUT2D eigenvalue weighted by Gasteiger charge is -2.45. The fourth-order valence-electron chi connectivity index (χ4n) is 2.09. The Bertz CT molecular complexity index is 260. The summed E-state index contributed by atoms with van der Waals surface area (Å²) in [7, 11) is 0. The molecule has 6 heteroatoms. The number of carboxylic acid groups (broad SMARTS) is 1. The van der Waals surface area contributed by atoms with Gasteiger partial charge in [0.05, 0.1) is 5.92 Å². The van der Waals surface area contributed by atoms with Gasteiger partial charge in [0, 0.05) is 25.0 Å². The monoisotopic (exact) mass is 222 g/mol. The highest BCUT2D eigenvalue weighted by Crippen LogP contribution is 2.40. The van der Waals surface area contributed by atoms with E-state index in [0.29, 0.717) is 0 Å². The molecule has 1 amide bonds. The zero-order valence-corrected chi connectivity index (χ0v) is 8.78. The second kappa shape index (κ2) is 3.92. The second-order valence-electron chi connectivity index (χ2n) is 4.09. The minimum absolute atomic E-state index is 0.139. The first-order valence-corrected chi connectivity index (χ1v) is 4.89. The van der Waals surface area contributed by atoms with E-state index in [1.807, 2.05) is 0 Å². The molecule has 0 aliphatic carbocycles. The van der Waals surface area contributed by atoms with Crippen molar-refractivity contribution in [3.63, 3.8) is 0 Å². The third kappa shape index (κ3) is 1.90. The number of halogens is 2. The maximum Gasteiger partial charge on any atom is 0.407 e. The van der Waals surface area contributed by atoms with Crippen molar-refractivity contribution in [2.24, 2.45) is 17.6 Å². The minimum atomic E-state index is -2.89. The SMILES string of the molecule is C[C@H]1[C@@H](CN)C(F)(F)[C@@H](C)CN1C(=O)O. The van der Waals surface area contributed by atoms with Crippen LogP contribution in [0.5, 0.6) is 0 Å². The number of likely N-dealkylation sites (tertiary alicyclic amines) is 1. The van der Waals surface area contributed by atoms with Crippen molar-refractivity contribution in [2.45, 2.75) is 25.8 Å². The molecular weight excluding hydrogens is 206 g/mol. The average Bonchev–Trinajstić information content (AvgIpc) is 2.11. The molecule has 4 nitrogen and oxygen atoms in total. The van der Waals surface area contributed by atoms with E-state index < -0.39 is 29.9 Å². The number of hydrogen-bond donors (Lipinski definition) is 2. The largest absolute Gasteiger partial charge is 0.465 e. The standard InChI is InChI=1S/C9H16F2N2O2/c1-5-4-13(8(14)15)6(2)7(3-12)9(5,10)11/h5-7H,3-4,12H2,1-2H3,(H,14,15)/t5-,6-,7+/m0/s1. The van der Waals surface area contributed by atoms with Gasteiger partial charge in [-0.1, -0.05) is 6.92 Å². The van der Waals surface area contributed by atoms with Gasteiger partial charge < -0.3 is 15.7 Å². The Balaban J connectivity index is 2.95. The number of amides is 1. The molecule has 1 heterocycles. The van der Waals surface area contributed by atoms with Gasteiger partial charge in [-0.2, -0.15) is 0 Å². The van der Waals surface area contributed by atoms with Gasteiger partial charge in [-0.3, -0.25) is 0 Å². The molecule has 1 fully saturated rings. The molecule has 0 bridgehead atoms. The summed E-state index contributed by atoms with van der Waals surface area (Å²) in [5, 5.41) is 8.85. The van der Waals surface area contributed by atoms with Crippen LogP contribution in [-0.4, -0.2) is 41.2 Å². The topological polar surface area (TPSA) is 66.6 Å². The molecule has 3 atom stereocenters. The van der Waals surface area contributed by atoms with Crippen molar-refractivity contribution >= 4 is 6.09 Å². The Morgan fingerprint density at radius 1 is 1.60 bits per heavy atom. The molecule has 1 saturated heterocycles. The number of hydrogen-bond acceptors (Lipinski definition) is 2. The Labute approximate surface area is 87.0 Å². The molecule has 1 aliphatic heterocycles. The Kier molecular flexibility index (Phi) is 3.18. The van der Waals surface area contributed by atoms with Gasteiger partial charge in [-0.05, 0) is 6.92 Å². The Morgan fingerprint density at radius 2 is 2.13 bits per heavy atom. The highest BCUT2D eigenvalue weighted by molar-refractivity contribution is 5.65. The predicted molar refractivity (Wildman–Crippen MR) is 50.8 cm³/mol. The molecule has 0 unspecified atom stereocenters. The summed E-state index contributed by atoms with van der Waals surface area (Å²) in [6, 6.07) is -0.737. The number of rotatable bonds is 1. The number of piperidine rings is 1. The first-order chi connectivity index (χ1) is 6.82. The van der Waals surface area contributed by atoms with Crippen molar-refractivity contribution < 1.29 is 18.7 Å².